The van der Waals surface area contributed by atoms with E-state index in [1.807, 2.05) is 0 Å². The van der Waals surface area contributed by atoms with Crippen molar-refractivity contribution in [2.24, 2.45) is 0 Å². The fourth-order valence-corrected chi connectivity index (χ4v) is 1.96. The summed E-state index contributed by atoms with van der Waals surface area (Å²) in [6.07, 6.45) is 6.50. The maximum Gasteiger partial charge on any atom is 0.133 e. The first-order valence-electron chi connectivity index (χ1n) is 8.03. The number of Topliss-reactive ketones (excluding diaryl/α,β-unsaturated/α-hetero) is 2. The van der Waals surface area contributed by atoms with Gasteiger partial charge in [-0.15, -0.1) is 0 Å². The minimum absolute atomic E-state index is 0.148. The van der Waals surface area contributed by atoms with Crippen LogP contribution in [0.4, 0.5) is 0 Å². The molecule has 0 aliphatic heterocycles. The zero-order chi connectivity index (χ0) is 15.8. The van der Waals surface area contributed by atoms with Crippen molar-refractivity contribution in [3.63, 3.8) is 0 Å². The summed E-state index contributed by atoms with van der Waals surface area (Å²) in [7, 11) is 0. The van der Waals surface area contributed by atoms with Gasteiger partial charge in [-0.2, -0.15) is 0 Å². The predicted molar refractivity (Wildman–Crippen MR) is 81.2 cm³/mol. The topological polar surface area (TPSA) is 83.8 Å². The van der Waals surface area contributed by atoms with Crippen LogP contribution in [0.3, 0.4) is 0 Å². The molecule has 0 unspecified atom stereocenters. The van der Waals surface area contributed by atoms with Crippen LogP contribution in [0, 0.1) is 0 Å². The maximum absolute atomic E-state index is 11.4. The van der Waals surface area contributed by atoms with Gasteiger partial charge in [0.25, 0.3) is 0 Å². The van der Waals surface area contributed by atoms with Gasteiger partial charge in [0.1, 0.15) is 11.6 Å². The number of carbonyl (C=O) groups is 2. The molecular formula is C16H30O5. The molecule has 0 aliphatic rings. The van der Waals surface area contributed by atoms with Crippen LogP contribution in [0.25, 0.3) is 0 Å². The maximum atomic E-state index is 11.4. The molecule has 0 spiro atoms. The largest absolute Gasteiger partial charge is 0.396 e. The summed E-state index contributed by atoms with van der Waals surface area (Å²) in [6, 6.07) is 0. The highest BCUT2D eigenvalue weighted by atomic mass is 16.5. The second kappa shape index (κ2) is 15.6. The van der Waals surface area contributed by atoms with Gasteiger partial charge in [0.2, 0.25) is 0 Å². The molecule has 0 atom stereocenters. The zero-order valence-corrected chi connectivity index (χ0v) is 13.0. The summed E-state index contributed by atoms with van der Waals surface area (Å²) in [5.41, 5.74) is 0. The van der Waals surface area contributed by atoms with Crippen molar-refractivity contribution in [2.75, 3.05) is 26.4 Å². The Kier molecular flexibility index (Phi) is 15.0. The summed E-state index contributed by atoms with van der Waals surface area (Å²) in [5.74, 6) is 0.456. The van der Waals surface area contributed by atoms with E-state index in [9.17, 15) is 9.59 Å². The molecule has 0 saturated carbocycles. The molecule has 124 valence electrons. The first-order chi connectivity index (χ1) is 10.2. The van der Waals surface area contributed by atoms with E-state index in [2.05, 4.69) is 0 Å². The first kappa shape index (κ1) is 20.2. The third-order valence-corrected chi connectivity index (χ3v) is 3.22. The third kappa shape index (κ3) is 15.4. The molecule has 2 N–H and O–H groups in total. The van der Waals surface area contributed by atoms with Gasteiger partial charge in [0.15, 0.2) is 0 Å². The second-order valence-electron chi connectivity index (χ2n) is 5.26. The number of unbranched alkanes of at least 4 members (excludes halogenated alkanes) is 2. The van der Waals surface area contributed by atoms with Crippen LogP contribution in [0.5, 0.6) is 0 Å². The van der Waals surface area contributed by atoms with Gasteiger partial charge in [-0.05, 0) is 38.5 Å². The van der Waals surface area contributed by atoms with Gasteiger partial charge in [0, 0.05) is 52.1 Å². The predicted octanol–water partition coefficient (Wildman–Crippen LogP) is 2.03. The van der Waals surface area contributed by atoms with Crippen LogP contribution >= 0.6 is 0 Å². The number of ether oxygens (including phenoxy) is 1. The SMILES string of the molecule is O=C(CCCCO)CCCOCCCC(=O)CCCCO. The average molecular weight is 302 g/mol. The van der Waals surface area contributed by atoms with E-state index in [1.54, 1.807) is 0 Å². The first-order valence-corrected chi connectivity index (χ1v) is 8.03. The van der Waals surface area contributed by atoms with E-state index in [-0.39, 0.29) is 24.8 Å². The Morgan fingerprint density at radius 2 is 1.00 bits per heavy atom. The van der Waals surface area contributed by atoms with Crippen molar-refractivity contribution in [3.05, 3.63) is 0 Å². The molecule has 0 aromatic heterocycles. The summed E-state index contributed by atoms with van der Waals surface area (Å²) in [6.45, 7) is 1.42. The van der Waals surface area contributed by atoms with Crippen molar-refractivity contribution < 1.29 is 24.5 Å². The molecule has 0 saturated heterocycles. The zero-order valence-electron chi connectivity index (χ0n) is 13.0. The van der Waals surface area contributed by atoms with Crippen molar-refractivity contribution in [1.29, 1.82) is 0 Å². The monoisotopic (exact) mass is 302 g/mol. The van der Waals surface area contributed by atoms with E-state index >= 15 is 0 Å². The van der Waals surface area contributed by atoms with Gasteiger partial charge in [0.05, 0.1) is 0 Å². The van der Waals surface area contributed by atoms with E-state index in [0.29, 0.717) is 51.7 Å². The Morgan fingerprint density at radius 3 is 1.38 bits per heavy atom. The van der Waals surface area contributed by atoms with Crippen LogP contribution in [-0.4, -0.2) is 48.2 Å². The van der Waals surface area contributed by atoms with Crippen LogP contribution in [-0.2, 0) is 14.3 Å². The fraction of sp³-hybridized carbons (Fsp3) is 0.875. The molecule has 0 aromatic carbocycles. The summed E-state index contributed by atoms with van der Waals surface area (Å²) >= 11 is 0. The molecule has 0 aromatic rings. The Bertz CT molecular complexity index is 239. The lowest BCUT2D eigenvalue weighted by atomic mass is 10.1. The van der Waals surface area contributed by atoms with Crippen LogP contribution < -0.4 is 0 Å². The summed E-state index contributed by atoms with van der Waals surface area (Å²) in [4.78, 5) is 22.8. The van der Waals surface area contributed by atoms with Crippen LogP contribution in [0.15, 0.2) is 0 Å². The highest BCUT2D eigenvalue weighted by molar-refractivity contribution is 5.78. The Morgan fingerprint density at radius 1 is 0.619 bits per heavy atom. The summed E-state index contributed by atoms with van der Waals surface area (Å²) < 4.78 is 5.40. The second-order valence-corrected chi connectivity index (χ2v) is 5.26. The normalized spacial score (nSPS) is 10.8. The fourth-order valence-electron chi connectivity index (χ4n) is 1.96. The van der Waals surface area contributed by atoms with Gasteiger partial charge in [-0.25, -0.2) is 0 Å². The average Bonchev–Trinajstić information content (AvgIpc) is 2.47. The Hall–Kier alpha value is -0.780. The number of hydrogen-bond acceptors (Lipinski definition) is 5. The van der Waals surface area contributed by atoms with Gasteiger partial charge in [-0.3, -0.25) is 9.59 Å². The highest BCUT2D eigenvalue weighted by Crippen LogP contribution is 2.03. The molecule has 0 aliphatic carbocycles. The molecule has 5 nitrogen and oxygen atoms in total. The molecule has 0 bridgehead atoms. The smallest absolute Gasteiger partial charge is 0.133 e. The lowest BCUT2D eigenvalue weighted by molar-refractivity contribution is -0.120. The summed E-state index contributed by atoms with van der Waals surface area (Å²) in [5, 5.41) is 17.2. The van der Waals surface area contributed by atoms with Crippen LogP contribution in [0.1, 0.15) is 64.2 Å². The Labute approximate surface area is 127 Å². The lowest BCUT2D eigenvalue weighted by Gasteiger charge is -2.04. The molecule has 5 heteroatoms. The third-order valence-electron chi connectivity index (χ3n) is 3.22. The van der Waals surface area contributed by atoms with E-state index in [1.165, 1.54) is 0 Å². The number of aliphatic hydroxyl groups excluding tert-OH is 2. The molecule has 21 heavy (non-hydrogen) atoms. The molecule has 0 amide bonds. The van der Waals surface area contributed by atoms with E-state index < -0.39 is 0 Å². The standard InChI is InChI=1S/C16H30O5/c17-11-3-1-7-15(19)9-5-13-21-14-6-10-16(20)8-2-4-12-18/h17-18H,1-14H2. The van der Waals surface area contributed by atoms with E-state index in [0.717, 1.165) is 25.7 Å². The number of rotatable bonds is 16. The molecule has 0 heterocycles. The van der Waals surface area contributed by atoms with Crippen molar-refractivity contribution in [2.45, 2.75) is 64.2 Å². The quantitative estimate of drug-likeness (QED) is 0.426. The number of ketones is 2. The van der Waals surface area contributed by atoms with Crippen LogP contribution in [0.2, 0.25) is 0 Å². The molecular weight excluding hydrogens is 272 g/mol. The number of aliphatic hydroxyl groups is 2. The van der Waals surface area contributed by atoms with Gasteiger partial charge in [-0.1, -0.05) is 0 Å². The molecule has 0 fully saturated rings. The molecule has 0 radical (unpaired) electrons. The Balaban J connectivity index is 3.24. The minimum atomic E-state index is 0.148. The number of carbonyl (C=O) groups excluding carboxylic acids is 2. The lowest BCUT2D eigenvalue weighted by Crippen LogP contribution is -2.05. The minimum Gasteiger partial charge on any atom is -0.396 e. The van der Waals surface area contributed by atoms with E-state index in [4.69, 9.17) is 14.9 Å². The van der Waals surface area contributed by atoms with Gasteiger partial charge < -0.3 is 14.9 Å². The number of hydrogen-bond donors (Lipinski definition) is 2. The molecule has 0 rings (SSSR count). The van der Waals surface area contributed by atoms with Gasteiger partial charge >= 0.3 is 0 Å². The van der Waals surface area contributed by atoms with Crippen molar-refractivity contribution in [3.8, 4) is 0 Å². The van der Waals surface area contributed by atoms with Crippen molar-refractivity contribution >= 4 is 11.6 Å². The van der Waals surface area contributed by atoms with Crippen molar-refractivity contribution in [1.82, 2.24) is 0 Å². The highest BCUT2D eigenvalue weighted by Gasteiger charge is 2.03.